The Morgan fingerprint density at radius 3 is 2.06 bits per heavy atom. The molecule has 0 saturated heterocycles. The number of rotatable bonds is 6. The molecule has 0 aliphatic carbocycles. The summed E-state index contributed by atoms with van der Waals surface area (Å²) < 4.78 is 66.8. The fourth-order valence-corrected chi connectivity index (χ4v) is 8.50. The number of nitrogens with zero attached hydrogens (tertiary/aromatic N) is 6. The van der Waals surface area contributed by atoms with Crippen LogP contribution < -0.4 is 0 Å². The Morgan fingerprint density at radius 1 is 0.721 bits per heavy atom. The molecule has 4 aromatic heterocycles. The van der Waals surface area contributed by atoms with Crippen LogP contribution >= 0.6 is 0 Å². The van der Waals surface area contributed by atoms with Gasteiger partial charge in [-0.05, 0) is 76.7 Å². The second kappa shape index (κ2) is 18.4. The van der Waals surface area contributed by atoms with E-state index in [1.807, 2.05) is 106 Å². The van der Waals surface area contributed by atoms with Crippen LogP contribution in [0.25, 0.3) is 83.7 Å². The average Bonchev–Trinajstić information content (AvgIpc) is 4.07. The van der Waals surface area contributed by atoms with Gasteiger partial charge in [-0.1, -0.05) is 124 Å². The molecule has 68 heavy (non-hydrogen) atoms. The van der Waals surface area contributed by atoms with Crippen LogP contribution in [0.2, 0.25) is 0 Å². The van der Waals surface area contributed by atoms with Crippen molar-refractivity contribution in [2.24, 2.45) is 0 Å². The van der Waals surface area contributed by atoms with E-state index in [-0.39, 0.29) is 93.0 Å². The standard InChI is InChI=1S/C45H41N4O2.C14H15N2.Ir/c1-24(2)31-21-29(28-15-11-10-12-16-28)22-32(25(3)4)39(31)49-35-18-14-13-17-34(35)47-43(49)30-20-19-26(5)36-37-38-42(51-44(48-38)45(7,8)9)33(23-46)27(6)40(37)50-41(30)36;1-14(2,3)12-9-10-15-13(16-12)11-7-5-4-6-8-11;/h10-19,21-22,24-25H,1-9H3;4-7,9-10H,1-3H3;/q2*-1;/i5D3,6D3;;. The summed E-state index contributed by atoms with van der Waals surface area (Å²) in [5.74, 6) is 1.58. The minimum absolute atomic E-state index is 0. The third-order valence-corrected chi connectivity index (χ3v) is 12.0. The maximum Gasteiger partial charge on any atom is 0.200 e. The van der Waals surface area contributed by atoms with Crippen molar-refractivity contribution >= 4 is 44.1 Å². The predicted molar refractivity (Wildman–Crippen MR) is 272 cm³/mol. The van der Waals surface area contributed by atoms with E-state index in [4.69, 9.17) is 27.0 Å². The quantitative estimate of drug-likeness (QED) is 0.153. The van der Waals surface area contributed by atoms with Crippen LogP contribution in [0.4, 0.5) is 0 Å². The molecule has 345 valence electrons. The molecule has 4 heterocycles. The van der Waals surface area contributed by atoms with E-state index < -0.39 is 19.1 Å². The molecule has 10 aromatic rings. The number of fused-ring (bicyclic) bond motifs is 6. The molecule has 10 rings (SSSR count). The van der Waals surface area contributed by atoms with E-state index in [9.17, 15) is 5.26 Å². The Labute approximate surface area is 421 Å². The van der Waals surface area contributed by atoms with Gasteiger partial charge in [-0.2, -0.15) is 5.26 Å². The summed E-state index contributed by atoms with van der Waals surface area (Å²) in [5, 5.41) is 10.8. The second-order valence-corrected chi connectivity index (χ2v) is 19.6. The first kappa shape index (κ1) is 40.4. The fourth-order valence-electron chi connectivity index (χ4n) is 8.50. The topological polar surface area (TPSA) is 107 Å². The fraction of sp³-hybridized carbons (Fsp3) is 0.271. The van der Waals surface area contributed by atoms with E-state index >= 15 is 0 Å². The number of imidazole rings is 1. The van der Waals surface area contributed by atoms with Gasteiger partial charge in [0.2, 0.25) is 5.89 Å². The molecule has 1 radical (unpaired) electrons. The van der Waals surface area contributed by atoms with E-state index in [0.29, 0.717) is 16.9 Å². The Balaban J connectivity index is 0.000000365. The molecule has 6 aromatic carbocycles. The van der Waals surface area contributed by atoms with Gasteiger partial charge >= 0.3 is 0 Å². The molecular weight excluding hydrogens is 1020 g/mol. The summed E-state index contributed by atoms with van der Waals surface area (Å²) >= 11 is 0. The van der Waals surface area contributed by atoms with E-state index in [1.165, 1.54) is 6.07 Å². The number of furan rings is 1. The van der Waals surface area contributed by atoms with Gasteiger partial charge in [0.15, 0.2) is 5.58 Å². The molecule has 8 nitrogen and oxygen atoms in total. The number of para-hydroxylation sites is 2. The summed E-state index contributed by atoms with van der Waals surface area (Å²) in [6, 6.07) is 42.0. The number of oxazole rings is 1. The van der Waals surface area contributed by atoms with Gasteiger partial charge in [-0.3, -0.25) is 15.0 Å². The van der Waals surface area contributed by atoms with Crippen molar-refractivity contribution in [1.82, 2.24) is 24.5 Å². The first-order valence-electron chi connectivity index (χ1n) is 25.6. The number of benzene rings is 6. The van der Waals surface area contributed by atoms with Crippen molar-refractivity contribution < 1.29 is 37.2 Å². The van der Waals surface area contributed by atoms with Gasteiger partial charge in [-0.25, -0.2) is 4.98 Å². The molecule has 0 N–H and O–H groups in total. The van der Waals surface area contributed by atoms with Crippen LogP contribution in [-0.4, -0.2) is 24.5 Å². The summed E-state index contributed by atoms with van der Waals surface area (Å²) in [7, 11) is 0. The van der Waals surface area contributed by atoms with Crippen molar-refractivity contribution in [3.63, 3.8) is 0 Å². The normalized spacial score (nSPS) is 13.6. The Morgan fingerprint density at radius 2 is 1.43 bits per heavy atom. The van der Waals surface area contributed by atoms with Crippen molar-refractivity contribution in [3.8, 4) is 45.7 Å². The van der Waals surface area contributed by atoms with E-state index in [2.05, 4.69) is 99.4 Å². The van der Waals surface area contributed by atoms with Crippen LogP contribution in [0.3, 0.4) is 0 Å². The Kier molecular flexibility index (Phi) is 10.9. The van der Waals surface area contributed by atoms with E-state index in [1.54, 1.807) is 0 Å². The summed E-state index contributed by atoms with van der Waals surface area (Å²) in [6.45, 7) is 15.2. The van der Waals surface area contributed by atoms with Crippen molar-refractivity contribution in [1.29, 1.82) is 5.26 Å². The number of hydrogen-bond donors (Lipinski definition) is 0. The predicted octanol–water partition coefficient (Wildman–Crippen LogP) is 15.5. The van der Waals surface area contributed by atoms with Crippen LogP contribution in [0.15, 0.2) is 118 Å². The smallest absolute Gasteiger partial charge is 0.200 e. The molecule has 0 aliphatic heterocycles. The molecule has 0 aliphatic rings. The molecule has 0 saturated carbocycles. The second-order valence-electron chi connectivity index (χ2n) is 19.6. The zero-order chi connectivity index (χ0) is 52.5. The number of aromatic nitrogens is 5. The van der Waals surface area contributed by atoms with Crippen LogP contribution in [-0.2, 0) is 30.9 Å². The molecule has 0 amide bonds. The number of hydrogen-bond acceptors (Lipinski definition) is 7. The summed E-state index contributed by atoms with van der Waals surface area (Å²) in [4.78, 5) is 18.9. The van der Waals surface area contributed by atoms with Gasteiger partial charge in [-0.15, -0.1) is 53.6 Å². The molecule has 0 atom stereocenters. The van der Waals surface area contributed by atoms with Gasteiger partial charge in [0.1, 0.15) is 22.7 Å². The van der Waals surface area contributed by atoms with Gasteiger partial charge in [0.05, 0.1) is 28.3 Å². The zero-order valence-electron chi connectivity index (χ0n) is 45.9. The first-order valence-corrected chi connectivity index (χ1v) is 22.6. The van der Waals surface area contributed by atoms with E-state index in [0.717, 1.165) is 50.5 Å². The van der Waals surface area contributed by atoms with Crippen molar-refractivity contribution in [3.05, 3.63) is 161 Å². The van der Waals surface area contributed by atoms with Gasteiger partial charge in [0.25, 0.3) is 0 Å². The van der Waals surface area contributed by atoms with Crippen LogP contribution in [0.5, 0.6) is 0 Å². The largest absolute Gasteiger partial charge is 0.500 e. The minimum Gasteiger partial charge on any atom is -0.500 e. The SMILES string of the molecule is CC(C)(C)c1ccnc(-c2[c-]cccc2)n1.[2H]C([2H])([2H])c1c(C#N)c2oc(C(C)(C)C)nc2c2c1oc1c(-c3nc4ccccc4n3-c3c(C(C)C)cc(-c4ccccc4)cc3C(C)C)[c-]cc(C([2H])([2H])[2H])c12.[Ir]. The molecular formula is C59H56IrN6O2-2. The third kappa shape index (κ3) is 8.57. The summed E-state index contributed by atoms with van der Waals surface area (Å²) in [5.41, 5.74) is 7.78. The molecule has 0 spiro atoms. The zero-order valence-corrected chi connectivity index (χ0v) is 42.3. The van der Waals surface area contributed by atoms with Gasteiger partial charge < -0.3 is 13.4 Å². The minimum atomic E-state index is -2.85. The maximum absolute atomic E-state index is 10.5. The Hall–Kier alpha value is -6.72. The molecule has 0 unspecified atom stereocenters. The Bertz CT molecular complexity index is 3730. The van der Waals surface area contributed by atoms with Crippen molar-refractivity contribution in [2.75, 3.05) is 0 Å². The molecule has 0 fully saturated rings. The third-order valence-electron chi connectivity index (χ3n) is 12.0. The maximum atomic E-state index is 10.5. The first-order chi connectivity index (χ1) is 34.4. The average molecular weight is 1080 g/mol. The van der Waals surface area contributed by atoms with Gasteiger partial charge in [0, 0.05) is 67.7 Å². The monoisotopic (exact) mass is 1080 g/mol. The molecule has 0 bridgehead atoms. The molecule has 9 heteroatoms. The van der Waals surface area contributed by atoms with Crippen LogP contribution in [0.1, 0.15) is 129 Å². The van der Waals surface area contributed by atoms with Crippen LogP contribution in [0, 0.1) is 37.2 Å². The summed E-state index contributed by atoms with van der Waals surface area (Å²) in [6.07, 6.45) is 1.81. The van der Waals surface area contributed by atoms with Crippen molar-refractivity contribution in [2.45, 2.75) is 106 Å². The number of nitriles is 1. The number of aryl methyl sites for hydroxylation is 2.